The molecule has 0 unspecified atom stereocenters. The number of benzene rings is 2. The topological polar surface area (TPSA) is 85.7 Å². The molecule has 4 aliphatic rings. The molecule has 4 aliphatic heterocycles. The van der Waals surface area contributed by atoms with Crippen molar-refractivity contribution in [3.05, 3.63) is 46.5 Å². The maximum atomic E-state index is 5.52. The minimum Gasteiger partial charge on any atom is -0.454 e. The minimum absolute atomic E-state index is 0.264. The molecule has 2 N–H and O–H groups in total. The van der Waals surface area contributed by atoms with E-state index in [9.17, 15) is 0 Å². The second-order valence-corrected chi connectivity index (χ2v) is 6.94. The van der Waals surface area contributed by atoms with Crippen LogP contribution in [0.25, 0.3) is 0 Å². The highest BCUT2D eigenvalue weighted by molar-refractivity contribution is 6.06. The number of hydrogen-bond acceptors (Lipinski definition) is 8. The molecule has 0 atom stereocenters. The molecule has 8 heteroatoms. The molecule has 28 heavy (non-hydrogen) atoms. The molecule has 2 aromatic carbocycles. The average molecular weight is 378 g/mol. The summed E-state index contributed by atoms with van der Waals surface area (Å²) in [5.74, 6) is 4.65. The Morgan fingerprint density at radius 1 is 0.607 bits per heavy atom. The van der Waals surface area contributed by atoms with Gasteiger partial charge in [0.05, 0.1) is 0 Å². The Morgan fingerprint density at radius 3 is 1.50 bits per heavy atom. The first-order valence-electron chi connectivity index (χ1n) is 9.32. The second-order valence-electron chi connectivity index (χ2n) is 6.94. The average Bonchev–Trinajstić information content (AvgIpc) is 3.37. The molecule has 0 aliphatic carbocycles. The van der Waals surface area contributed by atoms with Gasteiger partial charge in [-0.3, -0.25) is 20.8 Å². The van der Waals surface area contributed by atoms with Gasteiger partial charge < -0.3 is 18.9 Å². The van der Waals surface area contributed by atoms with Gasteiger partial charge in [0.2, 0.25) is 13.6 Å². The van der Waals surface area contributed by atoms with Crippen LogP contribution in [0.4, 0.5) is 0 Å². The first kappa shape index (κ1) is 15.6. The Bertz CT molecular complexity index is 963. The molecule has 0 amide bonds. The highest BCUT2D eigenvalue weighted by Gasteiger charge is 2.24. The van der Waals surface area contributed by atoms with Crippen LogP contribution in [0.3, 0.4) is 0 Å². The predicted molar refractivity (Wildman–Crippen MR) is 102 cm³/mol. The SMILES string of the molecule is c1c2c(cc3c1OCO3)C(NNC1=NCCc3cc4c(cc31)OCO4)=NCC2. The molecule has 0 spiro atoms. The van der Waals surface area contributed by atoms with Gasteiger partial charge in [0, 0.05) is 24.2 Å². The summed E-state index contributed by atoms with van der Waals surface area (Å²) in [4.78, 5) is 9.28. The first-order chi connectivity index (χ1) is 13.8. The van der Waals surface area contributed by atoms with E-state index in [1.165, 1.54) is 11.1 Å². The molecular formula is C20H18N4O4. The molecule has 4 heterocycles. The number of rotatable bonds is 0. The zero-order valence-corrected chi connectivity index (χ0v) is 15.1. The molecule has 0 aromatic heterocycles. The summed E-state index contributed by atoms with van der Waals surface area (Å²) < 4.78 is 22.0. The van der Waals surface area contributed by atoms with Crippen LogP contribution >= 0.6 is 0 Å². The Morgan fingerprint density at radius 2 is 1.04 bits per heavy atom. The molecule has 0 bridgehead atoms. The van der Waals surface area contributed by atoms with E-state index >= 15 is 0 Å². The normalized spacial score (nSPS) is 18.0. The van der Waals surface area contributed by atoms with Crippen LogP contribution in [0.15, 0.2) is 34.3 Å². The fourth-order valence-electron chi connectivity index (χ4n) is 3.90. The van der Waals surface area contributed by atoms with Gasteiger partial charge >= 0.3 is 0 Å². The Kier molecular flexibility index (Phi) is 3.37. The quantitative estimate of drug-likeness (QED) is 0.677. The summed E-state index contributed by atoms with van der Waals surface area (Å²) in [6.45, 7) is 1.97. The largest absolute Gasteiger partial charge is 0.454 e. The zero-order chi connectivity index (χ0) is 18.5. The molecule has 0 saturated heterocycles. The maximum absolute atomic E-state index is 5.52. The Hall–Kier alpha value is -3.42. The van der Waals surface area contributed by atoms with Crippen molar-refractivity contribution < 1.29 is 18.9 Å². The van der Waals surface area contributed by atoms with E-state index in [0.29, 0.717) is 0 Å². The van der Waals surface area contributed by atoms with Gasteiger partial charge in [0.15, 0.2) is 23.0 Å². The number of ether oxygens (including phenoxy) is 4. The first-order valence-corrected chi connectivity index (χ1v) is 9.32. The Balaban J connectivity index is 1.27. The number of aliphatic imine (C=N–C) groups is 2. The van der Waals surface area contributed by atoms with Crippen molar-refractivity contribution in [1.82, 2.24) is 10.9 Å². The third-order valence-electron chi connectivity index (χ3n) is 5.31. The van der Waals surface area contributed by atoms with Crippen LogP contribution in [0, 0.1) is 0 Å². The summed E-state index contributed by atoms with van der Waals surface area (Å²) in [5.41, 5.74) is 10.9. The standard InChI is InChI=1S/C20H18N4O4/c1-3-21-19(13-7-17-15(5-11(1)13)25-9-27-17)23-24-20-14-8-18-16(26-10-28-18)6-12(14)2-4-22-20/h5-8H,1-4,9-10H2,(H,21,23)(H,22,24). The number of hydrogen-bond donors (Lipinski definition) is 2. The van der Waals surface area contributed by atoms with Crippen molar-refractivity contribution >= 4 is 11.7 Å². The second kappa shape index (κ2) is 6.05. The van der Waals surface area contributed by atoms with Gasteiger partial charge in [-0.05, 0) is 48.2 Å². The Labute approximate surface area is 161 Å². The van der Waals surface area contributed by atoms with Crippen LogP contribution in [0.5, 0.6) is 23.0 Å². The van der Waals surface area contributed by atoms with Gasteiger partial charge in [0.1, 0.15) is 11.7 Å². The summed E-state index contributed by atoms with van der Waals surface area (Å²) in [5, 5.41) is 0. The van der Waals surface area contributed by atoms with Crippen molar-refractivity contribution in [3.8, 4) is 23.0 Å². The summed E-state index contributed by atoms with van der Waals surface area (Å²) in [6, 6.07) is 8.06. The van der Waals surface area contributed by atoms with E-state index in [1.807, 2.05) is 24.3 Å². The highest BCUT2D eigenvalue weighted by Crippen LogP contribution is 2.37. The lowest BCUT2D eigenvalue weighted by atomic mass is 9.99. The molecule has 6 rings (SSSR count). The van der Waals surface area contributed by atoms with Crippen molar-refractivity contribution in [2.24, 2.45) is 9.98 Å². The minimum atomic E-state index is 0.264. The van der Waals surface area contributed by atoms with Crippen LogP contribution in [-0.2, 0) is 12.8 Å². The number of nitrogens with one attached hydrogen (secondary N) is 2. The van der Waals surface area contributed by atoms with E-state index in [1.54, 1.807) is 0 Å². The fourth-order valence-corrected chi connectivity index (χ4v) is 3.90. The molecule has 142 valence electrons. The molecular weight excluding hydrogens is 360 g/mol. The molecule has 0 fully saturated rings. The predicted octanol–water partition coefficient (Wildman–Crippen LogP) is 1.54. The van der Waals surface area contributed by atoms with Gasteiger partial charge in [-0.25, -0.2) is 0 Å². The van der Waals surface area contributed by atoms with Crippen molar-refractivity contribution in [2.45, 2.75) is 12.8 Å². The van der Waals surface area contributed by atoms with Crippen LogP contribution < -0.4 is 29.8 Å². The fraction of sp³-hybridized carbons (Fsp3) is 0.300. The maximum Gasteiger partial charge on any atom is 0.231 e. The van der Waals surface area contributed by atoms with E-state index in [-0.39, 0.29) is 13.6 Å². The van der Waals surface area contributed by atoms with Crippen molar-refractivity contribution in [3.63, 3.8) is 0 Å². The van der Waals surface area contributed by atoms with Gasteiger partial charge in [-0.15, -0.1) is 0 Å². The number of fused-ring (bicyclic) bond motifs is 4. The van der Waals surface area contributed by atoms with E-state index in [2.05, 4.69) is 20.8 Å². The number of amidine groups is 2. The lowest BCUT2D eigenvalue weighted by molar-refractivity contribution is 0.173. The number of nitrogens with zero attached hydrogens (tertiary/aromatic N) is 2. The van der Waals surface area contributed by atoms with E-state index in [0.717, 1.165) is 71.7 Å². The van der Waals surface area contributed by atoms with Crippen LogP contribution in [0.2, 0.25) is 0 Å². The smallest absolute Gasteiger partial charge is 0.231 e. The third kappa shape index (κ3) is 2.45. The highest BCUT2D eigenvalue weighted by atomic mass is 16.7. The monoisotopic (exact) mass is 378 g/mol. The van der Waals surface area contributed by atoms with Crippen molar-refractivity contribution in [1.29, 1.82) is 0 Å². The lowest BCUT2D eigenvalue weighted by Crippen LogP contribution is -2.44. The van der Waals surface area contributed by atoms with Gasteiger partial charge in [0.25, 0.3) is 0 Å². The lowest BCUT2D eigenvalue weighted by Gasteiger charge is -2.22. The molecule has 8 nitrogen and oxygen atoms in total. The van der Waals surface area contributed by atoms with Crippen LogP contribution in [-0.4, -0.2) is 38.3 Å². The molecule has 0 saturated carbocycles. The van der Waals surface area contributed by atoms with E-state index < -0.39 is 0 Å². The van der Waals surface area contributed by atoms with E-state index in [4.69, 9.17) is 18.9 Å². The number of hydrazine groups is 1. The summed E-state index contributed by atoms with van der Waals surface area (Å²) in [6.07, 6.45) is 1.76. The summed E-state index contributed by atoms with van der Waals surface area (Å²) in [7, 11) is 0. The summed E-state index contributed by atoms with van der Waals surface area (Å²) >= 11 is 0. The molecule has 2 aromatic rings. The zero-order valence-electron chi connectivity index (χ0n) is 15.1. The third-order valence-corrected chi connectivity index (χ3v) is 5.31. The van der Waals surface area contributed by atoms with Gasteiger partial charge in [-0.2, -0.15) is 0 Å². The van der Waals surface area contributed by atoms with Gasteiger partial charge in [-0.1, -0.05) is 0 Å². The van der Waals surface area contributed by atoms with Crippen molar-refractivity contribution in [2.75, 3.05) is 26.7 Å². The van der Waals surface area contributed by atoms with Crippen LogP contribution in [0.1, 0.15) is 22.3 Å². The molecule has 0 radical (unpaired) electrons.